The lowest BCUT2D eigenvalue weighted by atomic mass is 10.1. The molecular formula is C13H18N4S. The zero-order valence-electron chi connectivity index (χ0n) is 10.2. The number of thiazole rings is 1. The topological polar surface area (TPSA) is 77.0 Å². The molecule has 2 aromatic rings. The molecule has 0 saturated carbocycles. The van der Waals surface area contributed by atoms with E-state index in [9.17, 15) is 0 Å². The lowest BCUT2D eigenvalue weighted by Gasteiger charge is -2.06. The predicted octanol–water partition coefficient (Wildman–Crippen LogP) is 1.88. The van der Waals surface area contributed by atoms with Crippen LogP contribution in [0.1, 0.15) is 11.3 Å². The highest BCUT2D eigenvalue weighted by atomic mass is 32.1. The molecule has 0 aliphatic carbocycles. The van der Waals surface area contributed by atoms with Gasteiger partial charge in [-0.3, -0.25) is 0 Å². The van der Waals surface area contributed by atoms with Crippen LogP contribution in [0.25, 0.3) is 0 Å². The Hall–Kier alpha value is -1.59. The third kappa shape index (κ3) is 3.72. The molecule has 0 atom stereocenters. The van der Waals surface area contributed by atoms with Crippen LogP contribution in [0.3, 0.4) is 0 Å². The highest BCUT2D eigenvalue weighted by Gasteiger charge is 1.99. The van der Waals surface area contributed by atoms with Crippen LogP contribution in [0.2, 0.25) is 0 Å². The third-order valence-corrected chi connectivity index (χ3v) is 3.39. The van der Waals surface area contributed by atoms with Crippen LogP contribution in [-0.4, -0.2) is 18.1 Å². The summed E-state index contributed by atoms with van der Waals surface area (Å²) in [5.74, 6) is 0. The number of nitrogen functional groups attached to an aromatic ring is 1. The maximum Gasteiger partial charge on any atom is 0.180 e. The summed E-state index contributed by atoms with van der Waals surface area (Å²) in [5.41, 5.74) is 14.5. The molecule has 1 aromatic carbocycles. The number of rotatable bonds is 6. The van der Waals surface area contributed by atoms with Crippen LogP contribution in [0.5, 0.6) is 0 Å². The smallest absolute Gasteiger partial charge is 0.180 e. The van der Waals surface area contributed by atoms with Gasteiger partial charge in [0.05, 0.1) is 5.69 Å². The normalized spacial score (nSPS) is 10.5. The Morgan fingerprint density at radius 2 is 1.94 bits per heavy atom. The molecule has 0 saturated heterocycles. The molecule has 0 amide bonds. The number of nitrogens with one attached hydrogen (secondary N) is 1. The molecule has 96 valence electrons. The van der Waals surface area contributed by atoms with Crippen molar-refractivity contribution in [2.24, 2.45) is 5.73 Å². The predicted molar refractivity (Wildman–Crippen MR) is 77.9 cm³/mol. The van der Waals surface area contributed by atoms with Crippen molar-refractivity contribution in [1.29, 1.82) is 0 Å². The Morgan fingerprint density at radius 1 is 1.17 bits per heavy atom. The first kappa shape index (κ1) is 12.9. The van der Waals surface area contributed by atoms with Crippen LogP contribution in [0.15, 0.2) is 29.6 Å². The Kier molecular flexibility index (Phi) is 4.55. The van der Waals surface area contributed by atoms with Crippen LogP contribution >= 0.6 is 11.3 Å². The molecule has 0 radical (unpaired) electrons. The average molecular weight is 262 g/mol. The van der Waals surface area contributed by atoms with Crippen molar-refractivity contribution in [3.63, 3.8) is 0 Å². The summed E-state index contributed by atoms with van der Waals surface area (Å²) < 4.78 is 0. The lowest BCUT2D eigenvalue weighted by molar-refractivity contribution is 0.964. The minimum absolute atomic E-state index is 0.635. The van der Waals surface area contributed by atoms with E-state index in [-0.39, 0.29) is 0 Å². The zero-order chi connectivity index (χ0) is 12.8. The maximum atomic E-state index is 5.58. The Balaban J connectivity index is 1.79. The van der Waals surface area contributed by atoms with Gasteiger partial charge in [0, 0.05) is 24.0 Å². The molecule has 2 rings (SSSR count). The van der Waals surface area contributed by atoms with Crippen molar-refractivity contribution in [1.82, 2.24) is 4.98 Å². The summed E-state index contributed by atoms with van der Waals surface area (Å²) in [6, 6.07) is 8.38. The molecule has 4 nitrogen and oxygen atoms in total. The molecule has 18 heavy (non-hydrogen) atoms. The van der Waals surface area contributed by atoms with Crippen LogP contribution in [-0.2, 0) is 12.8 Å². The highest BCUT2D eigenvalue weighted by molar-refractivity contribution is 7.13. The van der Waals surface area contributed by atoms with Crippen molar-refractivity contribution in [2.45, 2.75) is 12.8 Å². The number of hydrogen-bond acceptors (Lipinski definition) is 5. The van der Waals surface area contributed by atoms with Gasteiger partial charge in [-0.1, -0.05) is 12.1 Å². The van der Waals surface area contributed by atoms with Crippen molar-refractivity contribution in [2.75, 3.05) is 24.1 Å². The second-order valence-corrected chi connectivity index (χ2v) is 4.98. The van der Waals surface area contributed by atoms with E-state index in [0.29, 0.717) is 11.7 Å². The molecule has 0 bridgehead atoms. The van der Waals surface area contributed by atoms with E-state index in [1.807, 2.05) is 5.38 Å². The zero-order valence-corrected chi connectivity index (χ0v) is 11.0. The number of hydrogen-bond donors (Lipinski definition) is 3. The number of nitrogens with zero attached hydrogens (tertiary/aromatic N) is 1. The monoisotopic (exact) mass is 262 g/mol. The average Bonchev–Trinajstić information content (AvgIpc) is 2.78. The van der Waals surface area contributed by atoms with E-state index in [1.54, 1.807) is 0 Å². The summed E-state index contributed by atoms with van der Waals surface area (Å²) in [6.07, 6.45) is 1.82. The molecule has 1 heterocycles. The van der Waals surface area contributed by atoms with Crippen molar-refractivity contribution >= 4 is 22.2 Å². The fourth-order valence-electron chi connectivity index (χ4n) is 1.73. The molecule has 0 aliphatic heterocycles. The van der Waals surface area contributed by atoms with Crippen LogP contribution in [0, 0.1) is 0 Å². The molecule has 1 aromatic heterocycles. The van der Waals surface area contributed by atoms with E-state index in [2.05, 4.69) is 34.6 Å². The number of benzene rings is 1. The second-order valence-electron chi connectivity index (χ2n) is 4.09. The molecule has 0 spiro atoms. The Bertz CT molecular complexity index is 478. The van der Waals surface area contributed by atoms with Gasteiger partial charge in [-0.05, 0) is 30.7 Å². The van der Waals surface area contributed by atoms with E-state index in [4.69, 9.17) is 11.5 Å². The van der Waals surface area contributed by atoms with Crippen molar-refractivity contribution < 1.29 is 0 Å². The van der Waals surface area contributed by atoms with E-state index >= 15 is 0 Å². The SMILES string of the molecule is NCCc1ccc(NCCc2csc(N)n2)cc1. The van der Waals surface area contributed by atoms with Crippen molar-refractivity contribution in [3.8, 4) is 0 Å². The lowest BCUT2D eigenvalue weighted by Crippen LogP contribution is -2.06. The van der Waals surface area contributed by atoms with Gasteiger partial charge in [0.15, 0.2) is 5.13 Å². The maximum absolute atomic E-state index is 5.58. The standard InChI is InChI=1S/C13H18N4S/c14-7-5-10-1-3-11(4-2-10)16-8-6-12-9-18-13(15)17-12/h1-4,9,16H,5-8,14H2,(H2,15,17). The first-order valence-electron chi connectivity index (χ1n) is 6.00. The van der Waals surface area contributed by atoms with Gasteiger partial charge in [-0.2, -0.15) is 0 Å². The molecule has 5 N–H and O–H groups in total. The minimum atomic E-state index is 0.635. The quantitative estimate of drug-likeness (QED) is 0.743. The van der Waals surface area contributed by atoms with Crippen LogP contribution in [0.4, 0.5) is 10.8 Å². The first-order chi connectivity index (χ1) is 8.78. The van der Waals surface area contributed by atoms with E-state index in [1.165, 1.54) is 16.9 Å². The Morgan fingerprint density at radius 3 is 2.56 bits per heavy atom. The number of aromatic nitrogens is 1. The van der Waals surface area contributed by atoms with Gasteiger partial charge in [0.2, 0.25) is 0 Å². The summed E-state index contributed by atoms with van der Waals surface area (Å²) in [5, 5.41) is 6.00. The van der Waals surface area contributed by atoms with Gasteiger partial charge in [0.1, 0.15) is 0 Å². The van der Waals surface area contributed by atoms with Gasteiger partial charge in [-0.25, -0.2) is 4.98 Å². The molecule has 0 unspecified atom stereocenters. The van der Waals surface area contributed by atoms with Crippen LogP contribution < -0.4 is 16.8 Å². The van der Waals surface area contributed by atoms with Gasteiger partial charge in [0.25, 0.3) is 0 Å². The van der Waals surface area contributed by atoms with Gasteiger partial charge < -0.3 is 16.8 Å². The summed E-state index contributed by atoms with van der Waals surface area (Å²) >= 11 is 1.49. The highest BCUT2D eigenvalue weighted by Crippen LogP contribution is 2.13. The summed E-state index contributed by atoms with van der Waals surface area (Å²) in [6.45, 7) is 1.55. The minimum Gasteiger partial charge on any atom is -0.385 e. The van der Waals surface area contributed by atoms with Gasteiger partial charge in [-0.15, -0.1) is 11.3 Å². The summed E-state index contributed by atoms with van der Waals surface area (Å²) in [4.78, 5) is 4.22. The van der Waals surface area contributed by atoms with E-state index in [0.717, 1.165) is 30.8 Å². The van der Waals surface area contributed by atoms with E-state index < -0.39 is 0 Å². The van der Waals surface area contributed by atoms with Crippen molar-refractivity contribution in [3.05, 3.63) is 40.9 Å². The fraction of sp³-hybridized carbons (Fsp3) is 0.308. The van der Waals surface area contributed by atoms with Gasteiger partial charge >= 0.3 is 0 Å². The largest absolute Gasteiger partial charge is 0.385 e. The first-order valence-corrected chi connectivity index (χ1v) is 6.88. The fourth-order valence-corrected chi connectivity index (χ4v) is 2.33. The second kappa shape index (κ2) is 6.37. The molecular weight excluding hydrogens is 244 g/mol. The third-order valence-electron chi connectivity index (χ3n) is 2.67. The molecule has 0 aliphatic rings. The Labute approximate surface area is 111 Å². The summed E-state index contributed by atoms with van der Waals surface area (Å²) in [7, 11) is 0. The molecule has 0 fully saturated rings. The molecule has 5 heteroatoms. The number of anilines is 2. The number of nitrogens with two attached hydrogens (primary N) is 2.